The molecule has 1 saturated heterocycles. The number of ether oxygens (including phenoxy) is 1. The van der Waals surface area contributed by atoms with Gasteiger partial charge in [-0.15, -0.1) is 0 Å². The van der Waals surface area contributed by atoms with Crippen LogP contribution >= 0.6 is 0 Å². The number of benzene rings is 2. The highest BCUT2D eigenvalue weighted by Crippen LogP contribution is 2.43. The van der Waals surface area contributed by atoms with Gasteiger partial charge < -0.3 is 10.1 Å². The number of hydrogen-bond donors (Lipinski definition) is 1. The number of carbonyl (C=O) groups excluding carboxylic acids is 2. The van der Waals surface area contributed by atoms with Gasteiger partial charge in [-0.2, -0.15) is 5.26 Å². The van der Waals surface area contributed by atoms with E-state index in [1.807, 2.05) is 69.4 Å². The van der Waals surface area contributed by atoms with E-state index in [1.165, 1.54) is 0 Å². The summed E-state index contributed by atoms with van der Waals surface area (Å²) in [4.78, 5) is 32.3. The molecular formula is C28H30N4O3. The van der Waals surface area contributed by atoms with Gasteiger partial charge in [-0.05, 0) is 69.0 Å². The summed E-state index contributed by atoms with van der Waals surface area (Å²) < 4.78 is 5.59. The Morgan fingerprint density at radius 1 is 1.20 bits per heavy atom. The third-order valence-corrected chi connectivity index (χ3v) is 7.02. The summed E-state index contributed by atoms with van der Waals surface area (Å²) >= 11 is 0. The van der Waals surface area contributed by atoms with Gasteiger partial charge in [0, 0.05) is 29.4 Å². The molecule has 1 aromatic heterocycles. The Kier molecular flexibility index (Phi) is 5.84. The maximum absolute atomic E-state index is 13.3. The smallest absolute Gasteiger partial charge is 0.411 e. The van der Waals surface area contributed by atoms with Crippen LogP contribution in [0, 0.1) is 17.2 Å². The van der Waals surface area contributed by atoms with Crippen molar-refractivity contribution in [2.45, 2.75) is 70.2 Å². The molecule has 4 atom stereocenters. The second-order valence-electron chi connectivity index (χ2n) is 10.7. The van der Waals surface area contributed by atoms with Crippen LogP contribution in [0.3, 0.4) is 0 Å². The Morgan fingerprint density at radius 2 is 2.00 bits per heavy atom. The monoisotopic (exact) mass is 470 g/mol. The van der Waals surface area contributed by atoms with E-state index < -0.39 is 23.8 Å². The van der Waals surface area contributed by atoms with Crippen molar-refractivity contribution in [1.82, 2.24) is 15.2 Å². The van der Waals surface area contributed by atoms with Gasteiger partial charge in [0.2, 0.25) is 5.91 Å². The maximum Gasteiger partial charge on any atom is 0.411 e. The van der Waals surface area contributed by atoms with Crippen molar-refractivity contribution in [1.29, 1.82) is 5.26 Å². The highest BCUT2D eigenvalue weighted by atomic mass is 16.6. The average Bonchev–Trinajstić information content (AvgIpc) is 3.44. The number of piperidine rings is 1. The minimum Gasteiger partial charge on any atom is -0.444 e. The van der Waals surface area contributed by atoms with Crippen molar-refractivity contribution < 1.29 is 14.3 Å². The third kappa shape index (κ3) is 4.53. The molecule has 2 amide bonds. The molecule has 2 aliphatic rings. The molecule has 1 unspecified atom stereocenters. The number of likely N-dealkylation sites (tertiary alicyclic amines) is 1. The van der Waals surface area contributed by atoms with Gasteiger partial charge in [0.05, 0.1) is 11.6 Å². The lowest BCUT2D eigenvalue weighted by Gasteiger charge is -2.35. The lowest BCUT2D eigenvalue weighted by molar-refractivity contribution is -0.128. The number of para-hydroxylation sites is 1. The molecule has 7 nitrogen and oxygen atoms in total. The van der Waals surface area contributed by atoms with Gasteiger partial charge in [-0.3, -0.25) is 14.7 Å². The lowest BCUT2D eigenvalue weighted by Crippen LogP contribution is -2.55. The molecule has 1 aliphatic heterocycles. The Morgan fingerprint density at radius 3 is 2.77 bits per heavy atom. The molecule has 3 aromatic rings. The summed E-state index contributed by atoms with van der Waals surface area (Å²) in [6.45, 7) is 5.46. The molecule has 1 saturated carbocycles. The number of rotatable bonds is 4. The fourth-order valence-electron chi connectivity index (χ4n) is 5.57. The van der Waals surface area contributed by atoms with Gasteiger partial charge in [0.25, 0.3) is 0 Å². The Hall–Kier alpha value is -3.66. The van der Waals surface area contributed by atoms with Gasteiger partial charge in [0.1, 0.15) is 17.7 Å². The number of carbonyl (C=O) groups is 2. The number of hydrogen-bond acceptors (Lipinski definition) is 5. The number of aromatic nitrogens is 1. The van der Waals surface area contributed by atoms with E-state index in [9.17, 15) is 14.9 Å². The first kappa shape index (κ1) is 23.1. The van der Waals surface area contributed by atoms with Crippen molar-refractivity contribution in [2.24, 2.45) is 5.92 Å². The third-order valence-electron chi connectivity index (χ3n) is 7.02. The van der Waals surface area contributed by atoms with Crippen LogP contribution in [0.15, 0.2) is 48.7 Å². The van der Waals surface area contributed by atoms with Crippen LogP contribution in [-0.2, 0) is 16.0 Å². The molecule has 5 rings (SSSR count). The fraction of sp³-hybridized carbons (Fsp3) is 0.429. The number of nitrogens with one attached hydrogen (secondary N) is 1. The molecule has 2 bridgehead atoms. The second-order valence-corrected chi connectivity index (χ2v) is 10.7. The molecule has 1 aliphatic carbocycles. The lowest BCUT2D eigenvalue weighted by atomic mass is 9.97. The largest absolute Gasteiger partial charge is 0.444 e. The first-order valence-electron chi connectivity index (χ1n) is 12.2. The zero-order valence-electron chi connectivity index (χ0n) is 20.3. The minimum atomic E-state index is -0.701. The summed E-state index contributed by atoms with van der Waals surface area (Å²) in [7, 11) is 0. The van der Waals surface area contributed by atoms with Gasteiger partial charge in [0.15, 0.2) is 0 Å². The molecule has 7 heteroatoms. The second kappa shape index (κ2) is 8.84. The van der Waals surface area contributed by atoms with E-state index in [0.29, 0.717) is 6.42 Å². The molecular weight excluding hydrogens is 440 g/mol. The molecule has 180 valence electrons. The van der Waals surface area contributed by atoms with Crippen LogP contribution in [0.2, 0.25) is 0 Å². The fourth-order valence-corrected chi connectivity index (χ4v) is 5.57. The van der Waals surface area contributed by atoms with Gasteiger partial charge >= 0.3 is 6.09 Å². The van der Waals surface area contributed by atoms with Crippen LogP contribution in [-0.4, -0.2) is 45.6 Å². The standard InChI is InChI=1S/C28H30N4O3/c1-28(2,3)35-27(34)32-21-10-9-18(14-21)25(32)26(33)31-20(15-29)13-17-8-11-22-19(12-17)16-30-24-7-5-4-6-23(22)24/h4-8,11-12,16,18,20-21,25H,9-10,13-14H2,1-3H3,(H,31,33)/t18-,20?,21+,25-/m0/s1. The first-order chi connectivity index (χ1) is 16.7. The SMILES string of the molecule is CC(C)(C)OC(=O)N1[C@@H]2CC[C@@H](C2)[C@H]1C(=O)NC(C#N)Cc1ccc2c(cnc3ccccc32)c1. The van der Waals surface area contributed by atoms with Crippen LogP contribution in [0.5, 0.6) is 0 Å². The highest BCUT2D eigenvalue weighted by Gasteiger charge is 2.52. The highest BCUT2D eigenvalue weighted by molar-refractivity contribution is 6.05. The number of nitrogens with zero attached hydrogens (tertiary/aromatic N) is 3. The van der Waals surface area contributed by atoms with Crippen molar-refractivity contribution in [2.75, 3.05) is 0 Å². The van der Waals surface area contributed by atoms with E-state index in [2.05, 4.69) is 16.4 Å². The summed E-state index contributed by atoms with van der Waals surface area (Å²) in [5.74, 6) is -0.171. The number of pyridine rings is 1. The number of amides is 2. The zero-order valence-corrected chi connectivity index (χ0v) is 20.3. The van der Waals surface area contributed by atoms with Crippen molar-refractivity contribution in [3.05, 3.63) is 54.2 Å². The molecule has 35 heavy (non-hydrogen) atoms. The molecule has 2 aromatic carbocycles. The predicted molar refractivity (Wildman–Crippen MR) is 133 cm³/mol. The Labute approximate surface area is 205 Å². The summed E-state index contributed by atoms with van der Waals surface area (Å²) in [5, 5.41) is 15.9. The molecule has 2 heterocycles. The summed E-state index contributed by atoms with van der Waals surface area (Å²) in [6, 6.07) is 15.0. The Balaban J connectivity index is 1.32. The number of fused-ring (bicyclic) bond motifs is 5. The predicted octanol–water partition coefficient (Wildman–Crippen LogP) is 4.73. The van der Waals surface area contributed by atoms with Crippen molar-refractivity contribution in [3.63, 3.8) is 0 Å². The number of nitriles is 1. The van der Waals surface area contributed by atoms with Crippen LogP contribution in [0.1, 0.15) is 45.6 Å². The molecule has 0 radical (unpaired) electrons. The molecule has 2 fully saturated rings. The topological polar surface area (TPSA) is 95.3 Å². The quantitative estimate of drug-likeness (QED) is 0.557. The van der Waals surface area contributed by atoms with E-state index in [4.69, 9.17) is 4.74 Å². The normalized spacial score (nSPS) is 22.2. The van der Waals surface area contributed by atoms with Crippen molar-refractivity contribution in [3.8, 4) is 6.07 Å². The molecule has 1 N–H and O–H groups in total. The van der Waals surface area contributed by atoms with E-state index in [0.717, 1.165) is 46.5 Å². The van der Waals surface area contributed by atoms with Crippen molar-refractivity contribution >= 4 is 33.7 Å². The summed E-state index contributed by atoms with van der Waals surface area (Å²) in [6.07, 6.45) is 4.36. The average molecular weight is 471 g/mol. The minimum absolute atomic E-state index is 0.0222. The van der Waals surface area contributed by atoms with Gasteiger partial charge in [-0.25, -0.2) is 4.79 Å². The zero-order chi connectivity index (χ0) is 24.7. The van der Waals surface area contributed by atoms with E-state index in [1.54, 1.807) is 4.90 Å². The van der Waals surface area contributed by atoms with Crippen LogP contribution in [0.4, 0.5) is 4.79 Å². The maximum atomic E-state index is 13.3. The Bertz CT molecular complexity index is 1340. The van der Waals surface area contributed by atoms with Crippen LogP contribution < -0.4 is 5.32 Å². The van der Waals surface area contributed by atoms with Crippen LogP contribution in [0.25, 0.3) is 21.7 Å². The van der Waals surface area contributed by atoms with Gasteiger partial charge in [-0.1, -0.05) is 30.3 Å². The van der Waals surface area contributed by atoms with E-state index in [-0.39, 0.29) is 17.9 Å². The summed E-state index contributed by atoms with van der Waals surface area (Å²) in [5.41, 5.74) is 1.25. The first-order valence-corrected chi connectivity index (χ1v) is 12.2. The molecule has 0 spiro atoms. The van der Waals surface area contributed by atoms with E-state index >= 15 is 0 Å².